The first kappa shape index (κ1) is 18.9. The summed E-state index contributed by atoms with van der Waals surface area (Å²) in [5, 5.41) is 6.99. The molecule has 0 fully saturated rings. The lowest BCUT2D eigenvalue weighted by atomic mass is 9.98. The maximum atomic E-state index is 12.2. The number of benzene rings is 2. The van der Waals surface area contributed by atoms with E-state index in [4.69, 9.17) is 4.74 Å². The zero-order chi connectivity index (χ0) is 21.0. The average Bonchev–Trinajstić information content (AvgIpc) is 3.37. The number of aromatic nitrogens is 3. The summed E-state index contributed by atoms with van der Waals surface area (Å²) in [5.74, 6) is 6.13. The number of alkyl carbamates (subject to hydrolysis) is 1. The first-order valence-corrected chi connectivity index (χ1v) is 10.2. The van der Waals surface area contributed by atoms with Crippen molar-refractivity contribution in [3.05, 3.63) is 89.9 Å². The Balaban J connectivity index is 1.15. The third kappa shape index (κ3) is 3.74. The Morgan fingerprint density at radius 2 is 1.77 bits per heavy atom. The van der Waals surface area contributed by atoms with Gasteiger partial charge in [0.25, 0.3) is 0 Å². The van der Waals surface area contributed by atoms with Crippen molar-refractivity contribution in [2.24, 2.45) is 0 Å². The molecule has 152 valence electrons. The molecule has 6 heteroatoms. The number of ether oxygens (including phenoxy) is 1. The van der Waals surface area contributed by atoms with Crippen LogP contribution < -0.4 is 5.32 Å². The van der Waals surface area contributed by atoms with E-state index in [0.29, 0.717) is 19.6 Å². The second kappa shape index (κ2) is 8.33. The van der Waals surface area contributed by atoms with Crippen molar-refractivity contribution in [1.82, 2.24) is 19.9 Å². The number of nitrogens with zero attached hydrogens (tertiary/aromatic N) is 3. The number of hydrogen-bond acceptors (Lipinski definition) is 4. The maximum absolute atomic E-state index is 12.2. The van der Waals surface area contributed by atoms with Gasteiger partial charge in [-0.25, -0.2) is 14.3 Å². The molecule has 2 aromatic heterocycles. The summed E-state index contributed by atoms with van der Waals surface area (Å²) < 4.78 is 7.21. The monoisotopic (exact) mass is 408 g/mol. The molecule has 4 aromatic rings. The van der Waals surface area contributed by atoms with E-state index >= 15 is 0 Å². The van der Waals surface area contributed by atoms with E-state index in [1.165, 1.54) is 22.3 Å². The largest absolute Gasteiger partial charge is 0.449 e. The summed E-state index contributed by atoms with van der Waals surface area (Å²) in [7, 11) is 0. The molecular formula is C25H20N4O2. The number of imidazole rings is 1. The molecule has 31 heavy (non-hydrogen) atoms. The summed E-state index contributed by atoms with van der Waals surface area (Å²) in [6, 6.07) is 20.3. The van der Waals surface area contributed by atoms with Gasteiger partial charge in [0.15, 0.2) is 5.65 Å². The standard InChI is InChI=1S/C25H20N4O2/c30-25(26-14-6-5-8-18-16-27-24-13-7-15-28-29(18)24)31-17-23-21-11-3-1-9-19(21)20-10-2-4-12-22(20)23/h1-4,7,9-13,15-16,23H,6,14,17H2,(H,26,30). The average molecular weight is 408 g/mol. The first-order valence-electron chi connectivity index (χ1n) is 10.2. The third-order valence-electron chi connectivity index (χ3n) is 5.36. The summed E-state index contributed by atoms with van der Waals surface area (Å²) >= 11 is 0. The number of amides is 1. The summed E-state index contributed by atoms with van der Waals surface area (Å²) in [4.78, 5) is 16.4. The fourth-order valence-electron chi connectivity index (χ4n) is 3.94. The fraction of sp³-hybridized carbons (Fsp3) is 0.160. The van der Waals surface area contributed by atoms with Crippen LogP contribution in [-0.2, 0) is 4.74 Å². The number of hydrogen-bond donors (Lipinski definition) is 1. The minimum absolute atomic E-state index is 0.0561. The summed E-state index contributed by atoms with van der Waals surface area (Å²) in [6.07, 6.45) is 3.46. The van der Waals surface area contributed by atoms with Crippen LogP contribution >= 0.6 is 0 Å². The topological polar surface area (TPSA) is 68.5 Å². The molecule has 1 N–H and O–H groups in total. The van der Waals surface area contributed by atoms with Crippen LogP contribution in [0.1, 0.15) is 29.2 Å². The van der Waals surface area contributed by atoms with Gasteiger partial charge in [0.2, 0.25) is 0 Å². The van der Waals surface area contributed by atoms with E-state index in [0.717, 1.165) is 11.3 Å². The lowest BCUT2D eigenvalue weighted by Crippen LogP contribution is -2.26. The molecule has 1 aliphatic carbocycles. The highest BCUT2D eigenvalue weighted by Gasteiger charge is 2.28. The molecule has 6 nitrogen and oxygen atoms in total. The first-order chi connectivity index (χ1) is 15.3. The molecule has 0 saturated carbocycles. The van der Waals surface area contributed by atoms with E-state index < -0.39 is 6.09 Å². The van der Waals surface area contributed by atoms with Crippen molar-refractivity contribution in [1.29, 1.82) is 0 Å². The molecule has 1 amide bonds. The van der Waals surface area contributed by atoms with Gasteiger partial charge in [0.05, 0.1) is 6.20 Å². The molecule has 0 spiro atoms. The number of carbonyl (C=O) groups excluding carboxylic acids is 1. The van der Waals surface area contributed by atoms with Gasteiger partial charge in [-0.05, 0) is 40.3 Å². The van der Waals surface area contributed by atoms with Crippen LogP contribution in [0.5, 0.6) is 0 Å². The molecule has 2 aromatic carbocycles. The lowest BCUT2D eigenvalue weighted by molar-refractivity contribution is 0.143. The Morgan fingerprint density at radius 3 is 2.55 bits per heavy atom. The van der Waals surface area contributed by atoms with Gasteiger partial charge in [-0.1, -0.05) is 54.5 Å². The van der Waals surface area contributed by atoms with Gasteiger partial charge in [-0.3, -0.25) is 0 Å². The molecule has 1 aliphatic rings. The van der Waals surface area contributed by atoms with Crippen LogP contribution in [0.4, 0.5) is 4.79 Å². The molecule has 5 rings (SSSR count). The highest BCUT2D eigenvalue weighted by atomic mass is 16.5. The van der Waals surface area contributed by atoms with E-state index in [1.54, 1.807) is 16.9 Å². The molecule has 0 unspecified atom stereocenters. The maximum Gasteiger partial charge on any atom is 0.407 e. The van der Waals surface area contributed by atoms with Crippen molar-refractivity contribution in [3.63, 3.8) is 0 Å². The molecule has 2 heterocycles. The highest BCUT2D eigenvalue weighted by molar-refractivity contribution is 5.79. The Bertz CT molecular complexity index is 1270. The van der Waals surface area contributed by atoms with E-state index in [2.05, 4.69) is 51.5 Å². The second-order valence-electron chi connectivity index (χ2n) is 7.24. The smallest absolute Gasteiger partial charge is 0.407 e. The Hall–Kier alpha value is -4.11. The van der Waals surface area contributed by atoms with Crippen molar-refractivity contribution in [2.45, 2.75) is 12.3 Å². The van der Waals surface area contributed by atoms with Crippen LogP contribution in [0, 0.1) is 11.8 Å². The lowest BCUT2D eigenvalue weighted by Gasteiger charge is -2.14. The quantitative estimate of drug-likeness (QED) is 0.409. The number of nitrogens with one attached hydrogen (secondary N) is 1. The normalized spacial score (nSPS) is 12.0. The van der Waals surface area contributed by atoms with Gasteiger partial charge < -0.3 is 10.1 Å². The zero-order valence-corrected chi connectivity index (χ0v) is 16.8. The van der Waals surface area contributed by atoms with Crippen LogP contribution in [0.25, 0.3) is 16.8 Å². The van der Waals surface area contributed by atoms with Gasteiger partial charge in [0, 0.05) is 25.1 Å². The number of rotatable bonds is 4. The zero-order valence-electron chi connectivity index (χ0n) is 16.8. The van der Waals surface area contributed by atoms with Crippen molar-refractivity contribution >= 4 is 11.7 Å². The Morgan fingerprint density at radius 1 is 1.03 bits per heavy atom. The summed E-state index contributed by atoms with van der Waals surface area (Å²) in [6.45, 7) is 0.715. The van der Waals surface area contributed by atoms with E-state index in [9.17, 15) is 4.79 Å². The SMILES string of the molecule is O=C(NCCC#Cc1cnc2cccnn12)OCC1c2ccccc2-c2ccccc21. The fourth-order valence-corrected chi connectivity index (χ4v) is 3.94. The second-order valence-corrected chi connectivity index (χ2v) is 7.24. The Labute approximate surface area is 179 Å². The molecule has 0 atom stereocenters. The molecule has 0 bridgehead atoms. The van der Waals surface area contributed by atoms with Crippen molar-refractivity contribution in [2.75, 3.05) is 13.2 Å². The molecule has 0 saturated heterocycles. The molecular weight excluding hydrogens is 388 g/mol. The minimum atomic E-state index is -0.430. The number of fused-ring (bicyclic) bond motifs is 4. The van der Waals surface area contributed by atoms with Gasteiger partial charge >= 0.3 is 6.09 Å². The summed E-state index contributed by atoms with van der Waals surface area (Å²) in [5.41, 5.74) is 6.29. The van der Waals surface area contributed by atoms with E-state index in [-0.39, 0.29) is 5.92 Å². The van der Waals surface area contributed by atoms with Crippen LogP contribution in [0.2, 0.25) is 0 Å². The van der Waals surface area contributed by atoms with Crippen molar-refractivity contribution < 1.29 is 9.53 Å². The van der Waals surface area contributed by atoms with Crippen LogP contribution in [0.3, 0.4) is 0 Å². The Kier molecular flexibility index (Phi) is 5.07. The molecule has 0 radical (unpaired) electrons. The molecule has 0 aliphatic heterocycles. The predicted molar refractivity (Wildman–Crippen MR) is 118 cm³/mol. The van der Waals surface area contributed by atoms with Crippen LogP contribution in [0.15, 0.2) is 73.1 Å². The van der Waals surface area contributed by atoms with E-state index in [1.807, 2.05) is 36.4 Å². The minimum Gasteiger partial charge on any atom is -0.449 e. The van der Waals surface area contributed by atoms with Gasteiger partial charge in [-0.2, -0.15) is 5.10 Å². The highest BCUT2D eigenvalue weighted by Crippen LogP contribution is 2.44. The van der Waals surface area contributed by atoms with Gasteiger partial charge in [0.1, 0.15) is 12.3 Å². The van der Waals surface area contributed by atoms with Crippen molar-refractivity contribution in [3.8, 4) is 23.0 Å². The van der Waals surface area contributed by atoms with Gasteiger partial charge in [-0.15, -0.1) is 0 Å². The van der Waals surface area contributed by atoms with Crippen LogP contribution in [-0.4, -0.2) is 33.8 Å². The number of carbonyl (C=O) groups is 1. The predicted octanol–water partition coefficient (Wildman–Crippen LogP) is 4.01. The third-order valence-corrected chi connectivity index (χ3v) is 5.36.